The first-order valence-corrected chi connectivity index (χ1v) is 6.62. The zero-order valence-corrected chi connectivity index (χ0v) is 11.9. The zero-order valence-electron chi connectivity index (χ0n) is 9.57. The lowest BCUT2D eigenvalue weighted by atomic mass is 10.2. The minimum atomic E-state index is 0.0102. The second-order valence-corrected chi connectivity index (χ2v) is 5.15. The van der Waals surface area contributed by atoms with Crippen LogP contribution in [0.25, 0.3) is 0 Å². The summed E-state index contributed by atoms with van der Waals surface area (Å²) in [6.07, 6.45) is 0. The highest BCUT2D eigenvalue weighted by molar-refractivity contribution is 9.10. The van der Waals surface area contributed by atoms with Crippen molar-refractivity contribution in [2.45, 2.75) is 13.2 Å². The second-order valence-electron chi connectivity index (χ2n) is 3.83. The summed E-state index contributed by atoms with van der Waals surface area (Å²) in [6, 6.07) is 13.0. The third kappa shape index (κ3) is 3.48. The largest absolute Gasteiger partial charge is 0.489 e. The van der Waals surface area contributed by atoms with Gasteiger partial charge in [0, 0.05) is 15.1 Å². The summed E-state index contributed by atoms with van der Waals surface area (Å²) in [5, 5.41) is 9.71. The van der Waals surface area contributed by atoms with E-state index in [0.29, 0.717) is 11.6 Å². The first-order chi connectivity index (χ1) is 8.69. The second kappa shape index (κ2) is 6.23. The van der Waals surface area contributed by atoms with Gasteiger partial charge < -0.3 is 9.84 Å². The van der Waals surface area contributed by atoms with E-state index in [1.54, 1.807) is 0 Å². The van der Waals surface area contributed by atoms with E-state index >= 15 is 0 Å². The normalized spacial score (nSPS) is 10.4. The number of ether oxygens (including phenoxy) is 1. The van der Waals surface area contributed by atoms with Gasteiger partial charge in [0.1, 0.15) is 12.4 Å². The molecule has 2 rings (SSSR count). The molecule has 0 aliphatic rings. The summed E-state index contributed by atoms with van der Waals surface area (Å²) < 4.78 is 6.59. The predicted molar refractivity (Wildman–Crippen MR) is 75.8 cm³/mol. The maximum atomic E-state index is 9.04. The lowest BCUT2D eigenvalue weighted by molar-refractivity contribution is 0.278. The summed E-state index contributed by atoms with van der Waals surface area (Å²) in [7, 11) is 0. The van der Waals surface area contributed by atoms with Gasteiger partial charge >= 0.3 is 0 Å². The third-order valence-electron chi connectivity index (χ3n) is 2.49. The highest BCUT2D eigenvalue weighted by atomic mass is 79.9. The Hall–Kier alpha value is -1.03. The van der Waals surface area contributed by atoms with Gasteiger partial charge in [-0.15, -0.1) is 0 Å². The Morgan fingerprint density at radius 1 is 1.17 bits per heavy atom. The summed E-state index contributed by atoms with van der Waals surface area (Å²) in [6.45, 7) is 0.414. The fourth-order valence-electron chi connectivity index (χ4n) is 1.53. The highest BCUT2D eigenvalue weighted by Crippen LogP contribution is 2.23. The molecule has 0 unspecified atom stereocenters. The molecule has 4 heteroatoms. The van der Waals surface area contributed by atoms with Crippen molar-refractivity contribution in [1.82, 2.24) is 0 Å². The summed E-state index contributed by atoms with van der Waals surface area (Å²) in [5.41, 5.74) is 1.75. The number of rotatable bonds is 4. The lowest BCUT2D eigenvalue weighted by Crippen LogP contribution is -1.97. The Morgan fingerprint density at radius 2 is 2.00 bits per heavy atom. The molecule has 1 N–H and O–H groups in total. The maximum absolute atomic E-state index is 9.04. The van der Waals surface area contributed by atoms with Crippen molar-refractivity contribution >= 4 is 27.5 Å². The minimum Gasteiger partial charge on any atom is -0.489 e. The SMILES string of the molecule is OCc1cccc(OCc2ccc(Br)cc2Cl)c1. The minimum absolute atomic E-state index is 0.0102. The topological polar surface area (TPSA) is 29.5 Å². The molecule has 0 bridgehead atoms. The van der Waals surface area contributed by atoms with Gasteiger partial charge in [-0.3, -0.25) is 0 Å². The molecule has 0 atom stereocenters. The van der Waals surface area contributed by atoms with E-state index in [0.717, 1.165) is 21.3 Å². The van der Waals surface area contributed by atoms with E-state index in [-0.39, 0.29) is 6.61 Å². The third-order valence-corrected chi connectivity index (χ3v) is 3.34. The molecular formula is C14H12BrClO2. The van der Waals surface area contributed by atoms with Crippen molar-refractivity contribution in [2.75, 3.05) is 0 Å². The molecule has 18 heavy (non-hydrogen) atoms. The van der Waals surface area contributed by atoms with Gasteiger partial charge in [-0.1, -0.05) is 45.7 Å². The Bertz CT molecular complexity index is 543. The molecule has 0 aromatic heterocycles. The van der Waals surface area contributed by atoms with E-state index in [4.69, 9.17) is 21.4 Å². The number of benzene rings is 2. The molecule has 0 saturated carbocycles. The summed E-state index contributed by atoms with van der Waals surface area (Å²) in [4.78, 5) is 0. The van der Waals surface area contributed by atoms with Crippen molar-refractivity contribution in [3.63, 3.8) is 0 Å². The van der Waals surface area contributed by atoms with Crippen LogP contribution in [0.2, 0.25) is 5.02 Å². The fourth-order valence-corrected chi connectivity index (χ4v) is 2.26. The number of aliphatic hydroxyl groups excluding tert-OH is 1. The van der Waals surface area contributed by atoms with Crippen LogP contribution in [-0.4, -0.2) is 5.11 Å². The Labute approximate surface area is 119 Å². The average molecular weight is 328 g/mol. The predicted octanol–water partition coefficient (Wildman–Crippen LogP) is 4.17. The Balaban J connectivity index is 2.06. The molecule has 94 valence electrons. The molecule has 0 spiro atoms. The first kappa shape index (κ1) is 13.4. The maximum Gasteiger partial charge on any atom is 0.120 e. The molecule has 0 radical (unpaired) electrons. The van der Waals surface area contributed by atoms with Crippen molar-refractivity contribution in [2.24, 2.45) is 0 Å². The highest BCUT2D eigenvalue weighted by Gasteiger charge is 2.02. The van der Waals surface area contributed by atoms with Crippen molar-refractivity contribution in [3.8, 4) is 5.75 Å². The average Bonchev–Trinajstić information content (AvgIpc) is 2.38. The first-order valence-electron chi connectivity index (χ1n) is 5.45. The van der Waals surface area contributed by atoms with Gasteiger partial charge in [-0.05, 0) is 29.8 Å². The van der Waals surface area contributed by atoms with Crippen LogP contribution in [0.5, 0.6) is 5.75 Å². The number of hydrogen-bond acceptors (Lipinski definition) is 2. The van der Waals surface area contributed by atoms with Crippen molar-refractivity contribution in [1.29, 1.82) is 0 Å². The lowest BCUT2D eigenvalue weighted by Gasteiger charge is -2.09. The molecule has 2 nitrogen and oxygen atoms in total. The number of aliphatic hydroxyl groups is 1. The van der Waals surface area contributed by atoms with Crippen LogP contribution < -0.4 is 4.74 Å². The van der Waals surface area contributed by atoms with Crippen molar-refractivity contribution in [3.05, 3.63) is 63.1 Å². The van der Waals surface area contributed by atoms with Crippen LogP contribution in [0, 0.1) is 0 Å². The van der Waals surface area contributed by atoms with E-state index in [1.165, 1.54) is 0 Å². The number of halogens is 2. The van der Waals surface area contributed by atoms with E-state index in [2.05, 4.69) is 15.9 Å². The summed E-state index contributed by atoms with van der Waals surface area (Å²) >= 11 is 9.46. The van der Waals surface area contributed by atoms with Crippen LogP contribution in [-0.2, 0) is 13.2 Å². The standard InChI is InChI=1S/C14H12BrClO2/c15-12-5-4-11(14(16)7-12)9-18-13-3-1-2-10(6-13)8-17/h1-7,17H,8-9H2. The van der Waals surface area contributed by atoms with Crippen molar-refractivity contribution < 1.29 is 9.84 Å². The van der Waals surface area contributed by atoms with Crippen LogP contribution in [0.1, 0.15) is 11.1 Å². The van der Waals surface area contributed by atoms with Gasteiger partial charge in [0.25, 0.3) is 0 Å². The van der Waals surface area contributed by atoms with E-state index in [1.807, 2.05) is 42.5 Å². The van der Waals surface area contributed by atoms with Gasteiger partial charge in [0.05, 0.1) is 6.61 Å². The molecule has 0 fully saturated rings. The molecule has 0 aliphatic heterocycles. The van der Waals surface area contributed by atoms with Gasteiger partial charge in [0.2, 0.25) is 0 Å². The summed E-state index contributed by atoms with van der Waals surface area (Å²) in [5.74, 6) is 0.723. The van der Waals surface area contributed by atoms with Gasteiger partial charge in [-0.25, -0.2) is 0 Å². The zero-order chi connectivity index (χ0) is 13.0. The Morgan fingerprint density at radius 3 is 2.72 bits per heavy atom. The smallest absolute Gasteiger partial charge is 0.120 e. The van der Waals surface area contributed by atoms with Crippen LogP contribution in [0.4, 0.5) is 0 Å². The molecular weight excluding hydrogens is 316 g/mol. The van der Waals surface area contributed by atoms with Gasteiger partial charge in [-0.2, -0.15) is 0 Å². The molecule has 0 aliphatic carbocycles. The Kier molecular flexibility index (Phi) is 4.64. The number of hydrogen-bond donors (Lipinski definition) is 1. The van der Waals surface area contributed by atoms with E-state index < -0.39 is 0 Å². The fraction of sp³-hybridized carbons (Fsp3) is 0.143. The quantitative estimate of drug-likeness (QED) is 0.913. The molecule has 0 heterocycles. The molecule has 2 aromatic rings. The van der Waals surface area contributed by atoms with E-state index in [9.17, 15) is 0 Å². The molecule has 2 aromatic carbocycles. The molecule has 0 amide bonds. The van der Waals surface area contributed by atoms with Crippen LogP contribution >= 0.6 is 27.5 Å². The molecule has 0 saturated heterocycles. The van der Waals surface area contributed by atoms with Crippen LogP contribution in [0.15, 0.2) is 46.9 Å². The van der Waals surface area contributed by atoms with Crippen LogP contribution in [0.3, 0.4) is 0 Å². The van der Waals surface area contributed by atoms with Gasteiger partial charge in [0.15, 0.2) is 0 Å². The monoisotopic (exact) mass is 326 g/mol.